The number of fused-ring (bicyclic) bond motifs is 1. The molecule has 0 spiro atoms. The van der Waals surface area contributed by atoms with Crippen molar-refractivity contribution in [2.45, 2.75) is 45.4 Å². The van der Waals surface area contributed by atoms with E-state index in [0.29, 0.717) is 16.5 Å². The molecule has 6 heteroatoms. The molecule has 1 aliphatic heterocycles. The van der Waals surface area contributed by atoms with Gasteiger partial charge < -0.3 is 20.1 Å². The van der Waals surface area contributed by atoms with Crippen LogP contribution in [0.2, 0.25) is 5.02 Å². The van der Waals surface area contributed by atoms with Gasteiger partial charge in [-0.05, 0) is 79.4 Å². The molecule has 0 saturated carbocycles. The summed E-state index contributed by atoms with van der Waals surface area (Å²) >= 11 is 6.17. The van der Waals surface area contributed by atoms with Crippen LogP contribution < -0.4 is 20.1 Å². The molecule has 3 aromatic carbocycles. The molecule has 0 bridgehead atoms. The van der Waals surface area contributed by atoms with Gasteiger partial charge in [0.15, 0.2) is 11.5 Å². The molecule has 0 radical (unpaired) electrons. The maximum atomic E-state index is 13.5. The van der Waals surface area contributed by atoms with Crippen molar-refractivity contribution in [3.05, 3.63) is 87.9 Å². The number of methoxy groups -OCH3 is 1. The summed E-state index contributed by atoms with van der Waals surface area (Å²) in [5.74, 6) is 1.29. The number of nitrogens with zero attached hydrogens (tertiary/aromatic N) is 1. The van der Waals surface area contributed by atoms with Crippen molar-refractivity contribution >= 4 is 23.2 Å². The number of nitrogens with two attached hydrogens (primary N) is 1. The topological polar surface area (TPSA) is 64.8 Å². The number of halogens is 1. The molecule has 33 heavy (non-hydrogen) atoms. The normalized spacial score (nSPS) is 16.5. The summed E-state index contributed by atoms with van der Waals surface area (Å²) in [4.78, 5) is 15.3. The van der Waals surface area contributed by atoms with Gasteiger partial charge in [-0.1, -0.05) is 35.9 Å². The van der Waals surface area contributed by atoms with Crippen LogP contribution in [0.1, 0.15) is 55.1 Å². The minimum absolute atomic E-state index is 0.00979. The van der Waals surface area contributed by atoms with Gasteiger partial charge in [0.1, 0.15) is 0 Å². The molecule has 1 amide bonds. The van der Waals surface area contributed by atoms with Crippen LogP contribution in [0.5, 0.6) is 11.5 Å². The fraction of sp³-hybridized carbons (Fsp3) is 0.296. The molecule has 5 nitrogen and oxygen atoms in total. The lowest BCUT2D eigenvalue weighted by atomic mass is 9.86. The minimum Gasteiger partial charge on any atom is -0.493 e. The number of hydrogen-bond donors (Lipinski definition) is 1. The third kappa shape index (κ3) is 4.70. The third-order valence-corrected chi connectivity index (χ3v) is 6.09. The summed E-state index contributed by atoms with van der Waals surface area (Å²) < 4.78 is 11.6. The summed E-state index contributed by atoms with van der Waals surface area (Å²) in [6, 6.07) is 19.0. The first-order valence-corrected chi connectivity index (χ1v) is 11.5. The molecule has 3 aromatic rings. The average molecular weight is 465 g/mol. The highest BCUT2D eigenvalue weighted by atomic mass is 35.5. The predicted molar refractivity (Wildman–Crippen MR) is 132 cm³/mol. The van der Waals surface area contributed by atoms with Crippen molar-refractivity contribution < 1.29 is 14.3 Å². The molecule has 0 aromatic heterocycles. The van der Waals surface area contributed by atoms with Crippen LogP contribution in [0.3, 0.4) is 0 Å². The van der Waals surface area contributed by atoms with Crippen LogP contribution in [-0.2, 0) is 11.2 Å². The summed E-state index contributed by atoms with van der Waals surface area (Å²) in [7, 11) is 1.61. The van der Waals surface area contributed by atoms with Crippen LogP contribution in [-0.4, -0.2) is 19.1 Å². The quantitative estimate of drug-likeness (QED) is 0.498. The fourth-order valence-electron chi connectivity index (χ4n) is 4.27. The Morgan fingerprint density at radius 3 is 2.24 bits per heavy atom. The molecular formula is C27H29ClN2O3. The van der Waals surface area contributed by atoms with E-state index in [9.17, 15) is 4.79 Å². The molecule has 0 aliphatic carbocycles. The predicted octanol–water partition coefficient (Wildman–Crippen LogP) is 5.83. The Morgan fingerprint density at radius 1 is 1.00 bits per heavy atom. The van der Waals surface area contributed by atoms with Crippen LogP contribution in [0, 0.1) is 0 Å². The van der Waals surface area contributed by atoms with E-state index in [0.717, 1.165) is 27.9 Å². The number of carbonyl (C=O) groups is 1. The Balaban J connectivity index is 1.89. The van der Waals surface area contributed by atoms with Crippen LogP contribution in [0.4, 0.5) is 5.69 Å². The molecule has 2 atom stereocenters. The Kier molecular flexibility index (Phi) is 6.63. The second kappa shape index (κ2) is 9.46. The molecule has 1 heterocycles. The van der Waals surface area contributed by atoms with Crippen molar-refractivity contribution in [2.75, 3.05) is 12.0 Å². The van der Waals surface area contributed by atoms with Gasteiger partial charge >= 0.3 is 0 Å². The Bertz CT molecular complexity index is 1140. The van der Waals surface area contributed by atoms with Crippen molar-refractivity contribution in [1.29, 1.82) is 0 Å². The standard InChI is InChI=1S/C27H29ClN2O3/c1-16(2)33-25-15-23-20(13-24(25)32-4)14-26(31)30(22-11-7-18(8-12-22)17(3)29)27(23)19-5-9-21(28)10-6-19/h5-13,15-17,27H,14,29H2,1-4H3/t17-,27-/m0/s1. The summed E-state index contributed by atoms with van der Waals surface area (Å²) in [6.45, 7) is 5.90. The van der Waals surface area contributed by atoms with Gasteiger partial charge in [0.05, 0.1) is 25.7 Å². The van der Waals surface area contributed by atoms with Crippen molar-refractivity contribution in [3.8, 4) is 11.5 Å². The second-order valence-electron chi connectivity index (χ2n) is 8.64. The Labute approximate surface area is 200 Å². The second-order valence-corrected chi connectivity index (χ2v) is 9.08. The van der Waals surface area contributed by atoms with Gasteiger partial charge in [-0.3, -0.25) is 4.79 Å². The lowest BCUT2D eigenvalue weighted by Gasteiger charge is -2.38. The van der Waals surface area contributed by atoms with Crippen LogP contribution in [0.15, 0.2) is 60.7 Å². The molecular weight excluding hydrogens is 436 g/mol. The summed E-state index contributed by atoms with van der Waals surface area (Å²) in [5, 5.41) is 0.646. The lowest BCUT2D eigenvalue weighted by Crippen LogP contribution is -2.41. The highest BCUT2D eigenvalue weighted by molar-refractivity contribution is 6.30. The van der Waals surface area contributed by atoms with E-state index in [-0.39, 0.29) is 30.5 Å². The van der Waals surface area contributed by atoms with Crippen molar-refractivity contribution in [2.24, 2.45) is 5.73 Å². The smallest absolute Gasteiger partial charge is 0.232 e. The lowest BCUT2D eigenvalue weighted by molar-refractivity contribution is -0.118. The van der Waals surface area contributed by atoms with E-state index in [2.05, 4.69) is 0 Å². The summed E-state index contributed by atoms with van der Waals surface area (Å²) in [5.41, 5.74) is 10.8. The molecule has 0 fully saturated rings. The zero-order chi connectivity index (χ0) is 23.7. The minimum atomic E-state index is -0.333. The molecule has 172 valence electrons. The van der Waals surface area contributed by atoms with Crippen molar-refractivity contribution in [3.63, 3.8) is 0 Å². The number of rotatable bonds is 6. The molecule has 0 saturated heterocycles. The first-order chi connectivity index (χ1) is 15.8. The number of ether oxygens (including phenoxy) is 2. The van der Waals surface area contributed by atoms with Gasteiger partial charge in [0, 0.05) is 16.8 Å². The van der Waals surface area contributed by atoms with Crippen molar-refractivity contribution in [1.82, 2.24) is 0 Å². The average Bonchev–Trinajstić information content (AvgIpc) is 2.78. The summed E-state index contributed by atoms with van der Waals surface area (Å²) in [6.07, 6.45) is 0.255. The Hall–Kier alpha value is -3.02. The van der Waals surface area contributed by atoms with E-state index in [4.69, 9.17) is 26.8 Å². The van der Waals surface area contributed by atoms with Gasteiger partial charge in [-0.25, -0.2) is 0 Å². The maximum Gasteiger partial charge on any atom is 0.232 e. The number of amides is 1. The Morgan fingerprint density at radius 2 is 1.67 bits per heavy atom. The van der Waals surface area contributed by atoms with E-state index in [1.807, 2.05) is 86.3 Å². The number of anilines is 1. The first-order valence-electron chi connectivity index (χ1n) is 11.1. The van der Waals surface area contributed by atoms with E-state index >= 15 is 0 Å². The van der Waals surface area contributed by atoms with Gasteiger partial charge in [-0.2, -0.15) is 0 Å². The molecule has 2 N–H and O–H groups in total. The van der Waals surface area contributed by atoms with Gasteiger partial charge in [0.2, 0.25) is 5.91 Å². The van der Waals surface area contributed by atoms with Gasteiger partial charge in [-0.15, -0.1) is 0 Å². The van der Waals surface area contributed by atoms with Crippen LogP contribution in [0.25, 0.3) is 0 Å². The van der Waals surface area contributed by atoms with E-state index < -0.39 is 0 Å². The highest BCUT2D eigenvalue weighted by Crippen LogP contribution is 2.43. The first kappa shape index (κ1) is 23.1. The number of carbonyl (C=O) groups excluding carboxylic acids is 1. The monoisotopic (exact) mass is 464 g/mol. The zero-order valence-corrected chi connectivity index (χ0v) is 20.1. The molecule has 0 unspecified atom stereocenters. The molecule has 1 aliphatic rings. The highest BCUT2D eigenvalue weighted by Gasteiger charge is 2.36. The van der Waals surface area contributed by atoms with E-state index in [1.165, 1.54) is 0 Å². The maximum absolute atomic E-state index is 13.5. The third-order valence-electron chi connectivity index (χ3n) is 5.83. The SMILES string of the molecule is COc1cc2c(cc1OC(C)C)[C@H](c1ccc(Cl)cc1)N(c1ccc([C@H](C)N)cc1)C(=O)C2. The van der Waals surface area contributed by atoms with E-state index in [1.54, 1.807) is 7.11 Å². The molecule has 4 rings (SSSR count). The fourth-order valence-corrected chi connectivity index (χ4v) is 4.39. The van der Waals surface area contributed by atoms with Crippen LogP contribution >= 0.6 is 11.6 Å². The zero-order valence-electron chi connectivity index (χ0n) is 19.3. The number of benzene rings is 3. The van der Waals surface area contributed by atoms with Gasteiger partial charge in [0.25, 0.3) is 0 Å². The largest absolute Gasteiger partial charge is 0.493 e. The number of hydrogen-bond acceptors (Lipinski definition) is 4.